The number of ether oxygens (including phenoxy) is 1. The Hall–Kier alpha value is -1.00. The van der Waals surface area contributed by atoms with Gasteiger partial charge in [-0.2, -0.15) is 0 Å². The maximum absolute atomic E-state index is 5.70. The molecule has 0 radical (unpaired) electrons. The van der Waals surface area contributed by atoms with Crippen LogP contribution < -0.4 is 5.73 Å². The standard InChI is InChI=1S/C12H19N3O/c1-2-16-8-12-14-7-10-5-9(6-13)3-4-11(10)15-12/h7,9H,2-6,8,13H2,1H3. The van der Waals surface area contributed by atoms with Crippen LogP contribution in [0.2, 0.25) is 0 Å². The molecule has 1 heterocycles. The number of rotatable bonds is 4. The second-order valence-electron chi connectivity index (χ2n) is 4.24. The molecular formula is C12H19N3O. The predicted octanol–water partition coefficient (Wildman–Crippen LogP) is 1.08. The molecule has 4 heteroatoms. The summed E-state index contributed by atoms with van der Waals surface area (Å²) >= 11 is 0. The van der Waals surface area contributed by atoms with Crippen LogP contribution in [0.15, 0.2) is 6.20 Å². The van der Waals surface area contributed by atoms with Gasteiger partial charge in [-0.15, -0.1) is 0 Å². The zero-order valence-electron chi connectivity index (χ0n) is 9.78. The van der Waals surface area contributed by atoms with Crippen molar-refractivity contribution in [2.24, 2.45) is 11.7 Å². The fraction of sp³-hybridized carbons (Fsp3) is 0.667. The van der Waals surface area contributed by atoms with Crippen molar-refractivity contribution in [1.29, 1.82) is 0 Å². The lowest BCUT2D eigenvalue weighted by molar-refractivity contribution is 0.128. The molecule has 0 saturated carbocycles. The molecule has 0 spiro atoms. The Balaban J connectivity index is 2.08. The molecule has 1 atom stereocenters. The predicted molar refractivity (Wildman–Crippen MR) is 61.9 cm³/mol. The summed E-state index contributed by atoms with van der Waals surface area (Å²) in [5.74, 6) is 1.40. The van der Waals surface area contributed by atoms with Crippen molar-refractivity contribution < 1.29 is 4.74 Å². The molecule has 88 valence electrons. The van der Waals surface area contributed by atoms with E-state index < -0.39 is 0 Å². The van der Waals surface area contributed by atoms with E-state index in [-0.39, 0.29) is 0 Å². The third kappa shape index (κ3) is 2.57. The van der Waals surface area contributed by atoms with Gasteiger partial charge in [-0.3, -0.25) is 0 Å². The van der Waals surface area contributed by atoms with E-state index in [4.69, 9.17) is 10.5 Å². The number of aryl methyl sites for hydroxylation is 1. The van der Waals surface area contributed by atoms with Crippen LogP contribution in [0.5, 0.6) is 0 Å². The Morgan fingerprint density at radius 2 is 2.44 bits per heavy atom. The molecule has 0 aliphatic heterocycles. The fourth-order valence-corrected chi connectivity index (χ4v) is 2.09. The number of fused-ring (bicyclic) bond motifs is 1. The second-order valence-corrected chi connectivity index (χ2v) is 4.24. The maximum atomic E-state index is 5.70. The summed E-state index contributed by atoms with van der Waals surface area (Å²) in [5, 5.41) is 0. The van der Waals surface area contributed by atoms with E-state index in [1.54, 1.807) is 0 Å². The Labute approximate surface area is 96.2 Å². The number of nitrogens with two attached hydrogens (primary N) is 1. The van der Waals surface area contributed by atoms with Crippen LogP contribution >= 0.6 is 0 Å². The molecule has 0 bridgehead atoms. The van der Waals surface area contributed by atoms with Crippen LogP contribution in [0.4, 0.5) is 0 Å². The Bertz CT molecular complexity index is 354. The SMILES string of the molecule is CCOCc1ncc2c(n1)CCC(CN)C2. The fourth-order valence-electron chi connectivity index (χ4n) is 2.09. The summed E-state index contributed by atoms with van der Waals surface area (Å²) in [6.07, 6.45) is 5.15. The molecule has 1 unspecified atom stereocenters. The van der Waals surface area contributed by atoms with Crippen LogP contribution in [0.25, 0.3) is 0 Å². The second kappa shape index (κ2) is 5.37. The molecule has 1 aromatic heterocycles. The Morgan fingerprint density at radius 1 is 1.56 bits per heavy atom. The highest BCUT2D eigenvalue weighted by atomic mass is 16.5. The van der Waals surface area contributed by atoms with E-state index in [0.29, 0.717) is 19.1 Å². The van der Waals surface area contributed by atoms with Crippen molar-refractivity contribution in [2.45, 2.75) is 32.8 Å². The average molecular weight is 221 g/mol. The first-order valence-electron chi connectivity index (χ1n) is 5.95. The zero-order chi connectivity index (χ0) is 11.4. The number of hydrogen-bond donors (Lipinski definition) is 1. The van der Waals surface area contributed by atoms with E-state index in [9.17, 15) is 0 Å². The number of hydrogen-bond acceptors (Lipinski definition) is 4. The molecule has 4 nitrogen and oxygen atoms in total. The molecule has 1 aliphatic rings. The lowest BCUT2D eigenvalue weighted by atomic mass is 9.87. The zero-order valence-corrected chi connectivity index (χ0v) is 9.78. The minimum atomic E-state index is 0.518. The normalized spacial score (nSPS) is 19.5. The third-order valence-corrected chi connectivity index (χ3v) is 3.07. The molecule has 2 N–H and O–H groups in total. The van der Waals surface area contributed by atoms with E-state index in [1.165, 1.54) is 11.3 Å². The topological polar surface area (TPSA) is 61.0 Å². The van der Waals surface area contributed by atoms with Gasteiger partial charge in [0.2, 0.25) is 0 Å². The van der Waals surface area contributed by atoms with Crippen LogP contribution in [0.1, 0.15) is 30.4 Å². The molecule has 1 aromatic rings. The van der Waals surface area contributed by atoms with Gasteiger partial charge in [-0.05, 0) is 44.2 Å². The molecule has 16 heavy (non-hydrogen) atoms. The first-order chi connectivity index (χ1) is 7.83. The van der Waals surface area contributed by atoms with Crippen LogP contribution in [0, 0.1) is 5.92 Å². The lowest BCUT2D eigenvalue weighted by Gasteiger charge is -2.22. The smallest absolute Gasteiger partial charge is 0.154 e. The first kappa shape index (κ1) is 11.5. The largest absolute Gasteiger partial charge is 0.374 e. The van der Waals surface area contributed by atoms with Crippen LogP contribution in [-0.4, -0.2) is 23.1 Å². The van der Waals surface area contributed by atoms with Crippen molar-refractivity contribution in [3.63, 3.8) is 0 Å². The van der Waals surface area contributed by atoms with Crippen molar-refractivity contribution in [1.82, 2.24) is 9.97 Å². The van der Waals surface area contributed by atoms with Crippen LogP contribution in [-0.2, 0) is 24.2 Å². The van der Waals surface area contributed by atoms with Crippen LogP contribution in [0.3, 0.4) is 0 Å². The maximum Gasteiger partial charge on any atom is 0.154 e. The molecule has 0 saturated heterocycles. The van der Waals surface area contributed by atoms with Gasteiger partial charge in [0.25, 0.3) is 0 Å². The van der Waals surface area contributed by atoms with E-state index >= 15 is 0 Å². The highest BCUT2D eigenvalue weighted by molar-refractivity contribution is 5.21. The monoisotopic (exact) mass is 221 g/mol. The first-order valence-corrected chi connectivity index (χ1v) is 5.95. The lowest BCUT2D eigenvalue weighted by Crippen LogP contribution is -2.23. The minimum absolute atomic E-state index is 0.518. The molecule has 0 fully saturated rings. The van der Waals surface area contributed by atoms with Crippen molar-refractivity contribution in [2.75, 3.05) is 13.2 Å². The molecule has 0 aromatic carbocycles. The summed E-state index contributed by atoms with van der Waals surface area (Å²) in [7, 11) is 0. The third-order valence-electron chi connectivity index (χ3n) is 3.07. The summed E-state index contributed by atoms with van der Waals surface area (Å²) in [6.45, 7) is 3.96. The highest BCUT2D eigenvalue weighted by Crippen LogP contribution is 2.22. The summed E-state index contributed by atoms with van der Waals surface area (Å²) in [5.41, 5.74) is 8.15. The van der Waals surface area contributed by atoms with Gasteiger partial charge in [0, 0.05) is 18.5 Å². The average Bonchev–Trinajstić information content (AvgIpc) is 2.35. The molecule has 0 amide bonds. The van der Waals surface area contributed by atoms with Crippen molar-refractivity contribution in [3.8, 4) is 0 Å². The van der Waals surface area contributed by atoms with E-state index in [1.807, 2.05) is 13.1 Å². The Kier molecular flexibility index (Phi) is 3.85. The summed E-state index contributed by atoms with van der Waals surface area (Å²) in [6, 6.07) is 0. The molecule has 2 rings (SSSR count). The molecule has 1 aliphatic carbocycles. The van der Waals surface area contributed by atoms with Gasteiger partial charge in [-0.1, -0.05) is 0 Å². The minimum Gasteiger partial charge on any atom is -0.374 e. The van der Waals surface area contributed by atoms with E-state index in [2.05, 4.69) is 9.97 Å². The van der Waals surface area contributed by atoms with Gasteiger partial charge in [0.1, 0.15) is 6.61 Å². The Morgan fingerprint density at radius 3 is 3.19 bits per heavy atom. The van der Waals surface area contributed by atoms with Gasteiger partial charge in [-0.25, -0.2) is 9.97 Å². The summed E-state index contributed by atoms with van der Waals surface area (Å²) < 4.78 is 5.31. The van der Waals surface area contributed by atoms with E-state index in [0.717, 1.165) is 31.6 Å². The highest BCUT2D eigenvalue weighted by Gasteiger charge is 2.19. The van der Waals surface area contributed by atoms with Crippen molar-refractivity contribution >= 4 is 0 Å². The molecular weight excluding hydrogens is 202 g/mol. The summed E-state index contributed by atoms with van der Waals surface area (Å²) in [4.78, 5) is 8.86. The number of nitrogens with zero attached hydrogens (tertiary/aromatic N) is 2. The number of aromatic nitrogens is 2. The van der Waals surface area contributed by atoms with Gasteiger partial charge < -0.3 is 10.5 Å². The van der Waals surface area contributed by atoms with Gasteiger partial charge >= 0.3 is 0 Å². The van der Waals surface area contributed by atoms with Gasteiger partial charge in [0.15, 0.2) is 5.82 Å². The van der Waals surface area contributed by atoms with Gasteiger partial charge in [0.05, 0.1) is 0 Å². The van der Waals surface area contributed by atoms with Crippen molar-refractivity contribution in [3.05, 3.63) is 23.3 Å². The quantitative estimate of drug-likeness (QED) is 0.826.